The number of carbonyl (C=O) groups excluding carboxylic acids is 1. The summed E-state index contributed by atoms with van der Waals surface area (Å²) in [5, 5.41) is 2.55. The summed E-state index contributed by atoms with van der Waals surface area (Å²) >= 11 is 0. The van der Waals surface area contributed by atoms with Crippen molar-refractivity contribution in [2.75, 3.05) is 10.0 Å². The molecule has 2 N–H and O–H groups in total. The van der Waals surface area contributed by atoms with Gasteiger partial charge >= 0.3 is 0 Å². The molecule has 2 heterocycles. The van der Waals surface area contributed by atoms with Crippen LogP contribution in [0.5, 0.6) is 5.75 Å². The largest absolute Gasteiger partial charge is 0.489 e. The number of carbonyl (C=O) groups is 1. The van der Waals surface area contributed by atoms with Crippen molar-refractivity contribution in [1.29, 1.82) is 0 Å². The van der Waals surface area contributed by atoms with E-state index in [1.807, 2.05) is 13.0 Å². The van der Waals surface area contributed by atoms with Crippen molar-refractivity contribution in [3.63, 3.8) is 0 Å². The summed E-state index contributed by atoms with van der Waals surface area (Å²) in [7, 11) is -3.91. The van der Waals surface area contributed by atoms with Crippen LogP contribution in [-0.2, 0) is 21.2 Å². The van der Waals surface area contributed by atoms with E-state index in [9.17, 15) is 13.2 Å². The van der Waals surface area contributed by atoms with Crippen LogP contribution in [0.2, 0.25) is 0 Å². The first kappa shape index (κ1) is 16.3. The molecule has 1 atom stereocenters. The molecule has 0 bridgehead atoms. The lowest BCUT2D eigenvalue weighted by molar-refractivity contribution is -0.114. The minimum Gasteiger partial charge on any atom is -0.489 e. The molecule has 0 spiro atoms. The predicted octanol–water partition coefficient (Wildman–Crippen LogP) is 2.16. The fraction of sp³-hybridized carbons (Fsp3) is 0.250. The average molecular weight is 347 g/mol. The van der Waals surface area contributed by atoms with Gasteiger partial charge in [-0.3, -0.25) is 9.52 Å². The number of nitrogens with zero attached hydrogens (tertiary/aromatic N) is 1. The predicted molar refractivity (Wildman–Crippen MR) is 89.6 cm³/mol. The SMILES string of the molecule is CC(=O)Nc1cccnc1NS(=O)(=O)c1cccc2c1OC(C)C2. The molecule has 8 heteroatoms. The maximum Gasteiger partial charge on any atom is 0.266 e. The van der Waals surface area contributed by atoms with Gasteiger partial charge in [0.05, 0.1) is 5.69 Å². The molecule has 1 amide bonds. The standard InChI is InChI=1S/C16H17N3O4S/c1-10-9-12-5-3-7-14(15(12)23-10)24(21,22)19-16-13(18-11(2)20)6-4-8-17-16/h3-8,10H,9H2,1-2H3,(H,17,19)(H,18,20). The second kappa shape index (κ2) is 6.12. The van der Waals surface area contributed by atoms with Crippen LogP contribution in [0, 0.1) is 0 Å². The van der Waals surface area contributed by atoms with E-state index in [4.69, 9.17) is 4.74 Å². The third-order valence-corrected chi connectivity index (χ3v) is 4.89. The molecular weight excluding hydrogens is 330 g/mol. The molecule has 1 aromatic carbocycles. The Bertz CT molecular complexity index is 896. The topological polar surface area (TPSA) is 97.4 Å². The number of fused-ring (bicyclic) bond motifs is 1. The minimum atomic E-state index is -3.91. The van der Waals surface area contributed by atoms with Gasteiger partial charge in [-0.1, -0.05) is 12.1 Å². The van der Waals surface area contributed by atoms with Crippen molar-refractivity contribution in [1.82, 2.24) is 4.98 Å². The second-order valence-electron chi connectivity index (χ2n) is 5.56. The van der Waals surface area contributed by atoms with Gasteiger partial charge in [0, 0.05) is 19.5 Å². The number of hydrogen-bond acceptors (Lipinski definition) is 5. The Hall–Kier alpha value is -2.61. The van der Waals surface area contributed by atoms with Crippen molar-refractivity contribution in [3.05, 3.63) is 42.1 Å². The summed E-state index contributed by atoms with van der Waals surface area (Å²) < 4.78 is 33.6. The fourth-order valence-corrected chi connectivity index (χ4v) is 3.79. The van der Waals surface area contributed by atoms with Gasteiger partial charge in [-0.2, -0.15) is 0 Å². The quantitative estimate of drug-likeness (QED) is 0.883. The van der Waals surface area contributed by atoms with E-state index >= 15 is 0 Å². The smallest absolute Gasteiger partial charge is 0.266 e. The zero-order valence-electron chi connectivity index (χ0n) is 13.2. The molecule has 3 rings (SSSR count). The van der Waals surface area contributed by atoms with Crippen molar-refractivity contribution < 1.29 is 17.9 Å². The summed E-state index contributed by atoms with van der Waals surface area (Å²) in [4.78, 5) is 15.3. The Labute approximate surface area is 140 Å². The molecule has 126 valence electrons. The van der Waals surface area contributed by atoms with Crippen LogP contribution in [0.15, 0.2) is 41.4 Å². The van der Waals surface area contributed by atoms with Gasteiger partial charge < -0.3 is 10.1 Å². The molecule has 0 aliphatic carbocycles. The number of hydrogen-bond donors (Lipinski definition) is 2. The number of amides is 1. The van der Waals surface area contributed by atoms with Crippen LogP contribution >= 0.6 is 0 Å². The van der Waals surface area contributed by atoms with Gasteiger partial charge in [0.25, 0.3) is 10.0 Å². The van der Waals surface area contributed by atoms with Crippen LogP contribution in [0.1, 0.15) is 19.4 Å². The highest BCUT2D eigenvalue weighted by molar-refractivity contribution is 7.92. The zero-order valence-corrected chi connectivity index (χ0v) is 14.1. The number of benzene rings is 1. The average Bonchev–Trinajstić information content (AvgIpc) is 2.88. The molecule has 1 aliphatic heterocycles. The van der Waals surface area contributed by atoms with Crippen LogP contribution < -0.4 is 14.8 Å². The van der Waals surface area contributed by atoms with Crippen molar-refractivity contribution in [2.24, 2.45) is 0 Å². The van der Waals surface area contributed by atoms with Crippen molar-refractivity contribution in [2.45, 2.75) is 31.3 Å². The van der Waals surface area contributed by atoms with Gasteiger partial charge in [-0.05, 0) is 30.7 Å². The lowest BCUT2D eigenvalue weighted by Gasteiger charge is -2.14. The second-order valence-corrected chi connectivity index (χ2v) is 7.21. The first-order chi connectivity index (χ1) is 11.4. The Morgan fingerprint density at radius 2 is 2.08 bits per heavy atom. The normalized spacial score (nSPS) is 16.2. The van der Waals surface area contributed by atoms with E-state index in [1.54, 1.807) is 18.2 Å². The third-order valence-electron chi connectivity index (χ3n) is 3.53. The minimum absolute atomic E-state index is 0.0522. The van der Waals surface area contributed by atoms with E-state index in [1.165, 1.54) is 19.2 Å². The van der Waals surface area contributed by atoms with Crippen LogP contribution in [0.25, 0.3) is 0 Å². The number of anilines is 2. The van der Waals surface area contributed by atoms with E-state index in [2.05, 4.69) is 15.0 Å². The lowest BCUT2D eigenvalue weighted by atomic mass is 10.1. The number of sulfonamides is 1. The summed E-state index contributed by atoms with van der Waals surface area (Å²) in [6, 6.07) is 8.19. The molecule has 1 aromatic heterocycles. The van der Waals surface area contributed by atoms with Crippen molar-refractivity contribution >= 4 is 27.4 Å². The molecule has 2 aromatic rings. The Morgan fingerprint density at radius 1 is 1.29 bits per heavy atom. The van der Waals surface area contributed by atoms with Crippen molar-refractivity contribution in [3.8, 4) is 5.75 Å². The van der Waals surface area contributed by atoms with Gasteiger partial charge in [0.2, 0.25) is 5.91 Å². The molecule has 0 saturated carbocycles. The number of para-hydroxylation sites is 1. The van der Waals surface area contributed by atoms with Crippen LogP contribution in [-0.4, -0.2) is 25.4 Å². The highest BCUT2D eigenvalue weighted by Crippen LogP contribution is 2.36. The zero-order chi connectivity index (χ0) is 17.3. The monoisotopic (exact) mass is 347 g/mol. The summed E-state index contributed by atoms with van der Waals surface area (Å²) in [5.41, 5.74) is 1.14. The van der Waals surface area contributed by atoms with E-state index < -0.39 is 10.0 Å². The molecule has 1 unspecified atom stereocenters. The van der Waals surface area contributed by atoms with E-state index in [-0.39, 0.29) is 28.4 Å². The number of ether oxygens (including phenoxy) is 1. The molecule has 0 saturated heterocycles. The van der Waals surface area contributed by atoms with Crippen LogP contribution in [0.3, 0.4) is 0 Å². The van der Waals surface area contributed by atoms with Gasteiger partial charge in [0.1, 0.15) is 16.7 Å². The molecule has 1 aliphatic rings. The molecule has 0 fully saturated rings. The summed E-state index contributed by atoms with van der Waals surface area (Å²) in [6.45, 7) is 3.22. The van der Waals surface area contributed by atoms with Crippen LogP contribution in [0.4, 0.5) is 11.5 Å². The Balaban J connectivity index is 1.97. The highest BCUT2D eigenvalue weighted by Gasteiger charge is 2.29. The third kappa shape index (κ3) is 3.18. The maximum atomic E-state index is 12.8. The Morgan fingerprint density at radius 3 is 2.83 bits per heavy atom. The lowest BCUT2D eigenvalue weighted by Crippen LogP contribution is -2.17. The first-order valence-electron chi connectivity index (χ1n) is 7.41. The fourth-order valence-electron chi connectivity index (χ4n) is 2.58. The molecule has 24 heavy (non-hydrogen) atoms. The number of rotatable bonds is 4. The molecular formula is C16H17N3O4S. The van der Waals surface area contributed by atoms with E-state index in [0.29, 0.717) is 12.2 Å². The number of nitrogens with one attached hydrogen (secondary N) is 2. The summed E-state index contributed by atoms with van der Waals surface area (Å²) in [6.07, 6.45) is 2.04. The molecule has 0 radical (unpaired) electrons. The van der Waals surface area contributed by atoms with Gasteiger partial charge in [-0.15, -0.1) is 0 Å². The maximum absolute atomic E-state index is 12.8. The number of aromatic nitrogens is 1. The van der Waals surface area contributed by atoms with E-state index in [0.717, 1.165) is 5.56 Å². The number of pyridine rings is 1. The highest BCUT2D eigenvalue weighted by atomic mass is 32.2. The van der Waals surface area contributed by atoms with Gasteiger partial charge in [-0.25, -0.2) is 13.4 Å². The molecule has 7 nitrogen and oxygen atoms in total. The van der Waals surface area contributed by atoms with Gasteiger partial charge in [0.15, 0.2) is 5.82 Å². The first-order valence-corrected chi connectivity index (χ1v) is 8.89. The summed E-state index contributed by atoms with van der Waals surface area (Å²) in [5.74, 6) is 0.104. The Kier molecular flexibility index (Phi) is 4.15.